The Bertz CT molecular complexity index is 584. The molecule has 0 aliphatic rings. The maximum absolute atomic E-state index is 10.9. The molecular weight excluding hydrogens is 264 g/mol. The van der Waals surface area contributed by atoms with Crippen LogP contribution in [-0.4, -0.2) is 34.6 Å². The molecule has 4 heteroatoms. The second kappa shape index (κ2) is 7.55. The largest absolute Gasteiger partial charge is 0.481 e. The standard InChI is InChI=1S/C17H20N2O2/c1-19(11-8-14-6-9-18-10-7-14)13-16-5-3-2-4-15(16)12-17(20)21/h2-7,9-10H,8,11-13H2,1H3,(H,20,21). The molecule has 0 spiro atoms. The predicted molar refractivity (Wildman–Crippen MR) is 82.1 cm³/mol. The number of carboxylic acid groups (broad SMARTS) is 1. The summed E-state index contributed by atoms with van der Waals surface area (Å²) in [4.78, 5) is 17.1. The Morgan fingerprint density at radius 1 is 1.14 bits per heavy atom. The maximum atomic E-state index is 10.9. The number of aromatic nitrogens is 1. The number of aliphatic carboxylic acids is 1. The molecule has 2 rings (SSSR count). The van der Waals surface area contributed by atoms with Crippen LogP contribution in [0, 0.1) is 0 Å². The first kappa shape index (κ1) is 15.2. The van der Waals surface area contributed by atoms with Gasteiger partial charge < -0.3 is 10.0 Å². The van der Waals surface area contributed by atoms with Gasteiger partial charge in [-0.1, -0.05) is 24.3 Å². The fourth-order valence-electron chi connectivity index (χ4n) is 2.29. The van der Waals surface area contributed by atoms with E-state index < -0.39 is 5.97 Å². The number of benzene rings is 1. The summed E-state index contributed by atoms with van der Waals surface area (Å²) in [6, 6.07) is 11.8. The van der Waals surface area contributed by atoms with E-state index in [1.54, 1.807) is 12.4 Å². The maximum Gasteiger partial charge on any atom is 0.307 e. The van der Waals surface area contributed by atoms with Gasteiger partial charge in [-0.3, -0.25) is 9.78 Å². The average Bonchev–Trinajstić information content (AvgIpc) is 2.48. The van der Waals surface area contributed by atoms with Crippen LogP contribution in [0.15, 0.2) is 48.8 Å². The van der Waals surface area contributed by atoms with Crippen LogP contribution >= 0.6 is 0 Å². The van der Waals surface area contributed by atoms with Gasteiger partial charge in [-0.25, -0.2) is 0 Å². The fraction of sp³-hybridized carbons (Fsp3) is 0.294. The van der Waals surface area contributed by atoms with Gasteiger partial charge in [0.15, 0.2) is 0 Å². The average molecular weight is 284 g/mol. The van der Waals surface area contributed by atoms with Gasteiger partial charge in [-0.15, -0.1) is 0 Å². The van der Waals surface area contributed by atoms with E-state index in [4.69, 9.17) is 5.11 Å². The lowest BCUT2D eigenvalue weighted by atomic mass is 10.0. The van der Waals surface area contributed by atoms with Gasteiger partial charge >= 0.3 is 5.97 Å². The number of nitrogens with zero attached hydrogens (tertiary/aromatic N) is 2. The van der Waals surface area contributed by atoms with E-state index in [1.807, 2.05) is 36.4 Å². The molecule has 1 aromatic carbocycles. The molecule has 2 aromatic rings. The van der Waals surface area contributed by atoms with Crippen molar-refractivity contribution in [3.05, 3.63) is 65.5 Å². The van der Waals surface area contributed by atoms with Crippen LogP contribution in [0.25, 0.3) is 0 Å². The smallest absolute Gasteiger partial charge is 0.307 e. The lowest BCUT2D eigenvalue weighted by Gasteiger charge is -2.18. The monoisotopic (exact) mass is 284 g/mol. The van der Waals surface area contributed by atoms with Crippen LogP contribution in [0.4, 0.5) is 0 Å². The van der Waals surface area contributed by atoms with Crippen LogP contribution in [0.5, 0.6) is 0 Å². The lowest BCUT2D eigenvalue weighted by Crippen LogP contribution is -2.21. The molecule has 21 heavy (non-hydrogen) atoms. The summed E-state index contributed by atoms with van der Waals surface area (Å²) in [6.45, 7) is 1.68. The van der Waals surface area contributed by atoms with Crippen molar-refractivity contribution in [2.45, 2.75) is 19.4 Å². The fourth-order valence-corrected chi connectivity index (χ4v) is 2.29. The zero-order chi connectivity index (χ0) is 15.1. The van der Waals surface area contributed by atoms with E-state index >= 15 is 0 Å². The Hall–Kier alpha value is -2.20. The molecule has 0 aliphatic carbocycles. The van der Waals surface area contributed by atoms with Crippen LogP contribution < -0.4 is 0 Å². The number of carbonyl (C=O) groups is 1. The lowest BCUT2D eigenvalue weighted by molar-refractivity contribution is -0.136. The molecule has 110 valence electrons. The molecule has 0 atom stereocenters. The van der Waals surface area contributed by atoms with E-state index in [-0.39, 0.29) is 6.42 Å². The number of rotatable bonds is 7. The van der Waals surface area contributed by atoms with Gasteiger partial charge in [0.2, 0.25) is 0 Å². The highest BCUT2D eigenvalue weighted by molar-refractivity contribution is 5.70. The number of hydrogen-bond donors (Lipinski definition) is 1. The quantitative estimate of drug-likeness (QED) is 0.848. The molecule has 1 heterocycles. The Balaban J connectivity index is 1.93. The van der Waals surface area contributed by atoms with E-state index in [1.165, 1.54) is 5.56 Å². The van der Waals surface area contributed by atoms with Crippen molar-refractivity contribution < 1.29 is 9.90 Å². The Labute approximate surface area is 125 Å². The summed E-state index contributed by atoms with van der Waals surface area (Å²) in [5, 5.41) is 8.96. The van der Waals surface area contributed by atoms with Gasteiger partial charge in [0.25, 0.3) is 0 Å². The number of likely N-dealkylation sites (N-methyl/N-ethyl adjacent to an activating group) is 1. The number of hydrogen-bond acceptors (Lipinski definition) is 3. The zero-order valence-electron chi connectivity index (χ0n) is 12.2. The summed E-state index contributed by atoms with van der Waals surface area (Å²) < 4.78 is 0. The van der Waals surface area contributed by atoms with E-state index in [2.05, 4.69) is 16.9 Å². The van der Waals surface area contributed by atoms with Crippen molar-refractivity contribution in [1.82, 2.24) is 9.88 Å². The summed E-state index contributed by atoms with van der Waals surface area (Å²) in [7, 11) is 2.05. The Morgan fingerprint density at radius 2 is 1.81 bits per heavy atom. The first-order valence-electron chi connectivity index (χ1n) is 7.01. The van der Waals surface area contributed by atoms with Crippen molar-refractivity contribution >= 4 is 5.97 Å². The van der Waals surface area contributed by atoms with E-state index in [0.29, 0.717) is 0 Å². The molecule has 1 N–H and O–H groups in total. The highest BCUT2D eigenvalue weighted by Crippen LogP contribution is 2.12. The molecular formula is C17H20N2O2. The van der Waals surface area contributed by atoms with Gasteiger partial charge in [0, 0.05) is 25.5 Å². The van der Waals surface area contributed by atoms with E-state index in [9.17, 15) is 4.79 Å². The second-order valence-electron chi connectivity index (χ2n) is 5.18. The third-order valence-electron chi connectivity index (χ3n) is 3.43. The topological polar surface area (TPSA) is 53.4 Å². The van der Waals surface area contributed by atoms with Crippen molar-refractivity contribution in [3.8, 4) is 0 Å². The first-order chi connectivity index (χ1) is 10.1. The van der Waals surface area contributed by atoms with Gasteiger partial charge in [0.05, 0.1) is 6.42 Å². The number of pyridine rings is 1. The number of carboxylic acids is 1. The van der Waals surface area contributed by atoms with Crippen LogP contribution in [0.3, 0.4) is 0 Å². The van der Waals surface area contributed by atoms with Crippen LogP contribution in [0.1, 0.15) is 16.7 Å². The Morgan fingerprint density at radius 3 is 2.48 bits per heavy atom. The molecule has 0 saturated carbocycles. The molecule has 1 aromatic heterocycles. The summed E-state index contributed by atoms with van der Waals surface area (Å²) >= 11 is 0. The predicted octanol–water partition coefficient (Wildman–Crippen LogP) is 2.38. The molecule has 0 radical (unpaired) electrons. The molecule has 0 bridgehead atoms. The highest BCUT2D eigenvalue weighted by atomic mass is 16.4. The summed E-state index contributed by atoms with van der Waals surface area (Å²) in [5.41, 5.74) is 3.23. The van der Waals surface area contributed by atoms with Crippen molar-refractivity contribution in [3.63, 3.8) is 0 Å². The third-order valence-corrected chi connectivity index (χ3v) is 3.43. The minimum atomic E-state index is -0.790. The van der Waals surface area contributed by atoms with Crippen LogP contribution in [0.2, 0.25) is 0 Å². The van der Waals surface area contributed by atoms with E-state index in [0.717, 1.165) is 30.6 Å². The first-order valence-corrected chi connectivity index (χ1v) is 7.01. The SMILES string of the molecule is CN(CCc1ccncc1)Cc1ccccc1CC(=O)O. The summed E-state index contributed by atoms with van der Waals surface area (Å²) in [5.74, 6) is -0.790. The molecule has 0 unspecified atom stereocenters. The Kier molecular flexibility index (Phi) is 5.46. The second-order valence-corrected chi connectivity index (χ2v) is 5.18. The molecule has 0 saturated heterocycles. The molecule has 0 aliphatic heterocycles. The summed E-state index contributed by atoms with van der Waals surface area (Å²) in [6.07, 6.45) is 4.64. The van der Waals surface area contributed by atoms with Crippen LogP contribution in [-0.2, 0) is 24.2 Å². The molecule has 0 fully saturated rings. The minimum Gasteiger partial charge on any atom is -0.481 e. The zero-order valence-corrected chi connectivity index (χ0v) is 12.2. The van der Waals surface area contributed by atoms with Gasteiger partial charge in [-0.2, -0.15) is 0 Å². The van der Waals surface area contributed by atoms with Gasteiger partial charge in [-0.05, 0) is 42.3 Å². The molecule has 4 nitrogen and oxygen atoms in total. The third kappa shape index (κ3) is 5.00. The normalized spacial score (nSPS) is 10.8. The van der Waals surface area contributed by atoms with Crippen molar-refractivity contribution in [2.75, 3.05) is 13.6 Å². The highest BCUT2D eigenvalue weighted by Gasteiger charge is 2.08. The van der Waals surface area contributed by atoms with Crippen molar-refractivity contribution in [2.24, 2.45) is 0 Å². The van der Waals surface area contributed by atoms with Crippen molar-refractivity contribution in [1.29, 1.82) is 0 Å². The molecule has 0 amide bonds. The minimum absolute atomic E-state index is 0.0777. The van der Waals surface area contributed by atoms with Gasteiger partial charge in [0.1, 0.15) is 0 Å².